The van der Waals surface area contributed by atoms with Crippen LogP contribution in [0.15, 0.2) is 30.5 Å². The Morgan fingerprint density at radius 2 is 2.00 bits per heavy atom. The first kappa shape index (κ1) is 14.3. The number of nitrogens with two attached hydrogens (primary N) is 1. The highest BCUT2D eigenvalue weighted by molar-refractivity contribution is 6.35. The van der Waals surface area contributed by atoms with Gasteiger partial charge in [0.05, 0.1) is 5.69 Å². The van der Waals surface area contributed by atoms with Crippen LogP contribution in [0, 0.1) is 0 Å². The quantitative estimate of drug-likeness (QED) is 0.862. The summed E-state index contributed by atoms with van der Waals surface area (Å²) in [6, 6.07) is 7.15. The average Bonchev–Trinajstić information content (AvgIpc) is 3.21. The molecular weight excluding hydrogens is 311 g/mol. The molecule has 2 aromatic rings. The van der Waals surface area contributed by atoms with Crippen LogP contribution in [0.2, 0.25) is 10.0 Å². The Morgan fingerprint density at radius 1 is 1.33 bits per heavy atom. The third-order valence-corrected chi connectivity index (χ3v) is 4.14. The SMILES string of the molecule is Nc1cc(C(=O)OCc2c(Cl)cccc2Cl)n(C2CC2)c1. The summed E-state index contributed by atoms with van der Waals surface area (Å²) < 4.78 is 7.20. The van der Waals surface area contributed by atoms with E-state index in [-0.39, 0.29) is 6.61 Å². The zero-order valence-corrected chi connectivity index (χ0v) is 12.7. The van der Waals surface area contributed by atoms with Crippen molar-refractivity contribution in [3.8, 4) is 0 Å². The van der Waals surface area contributed by atoms with Gasteiger partial charge in [-0.1, -0.05) is 29.3 Å². The molecule has 0 bridgehead atoms. The number of benzene rings is 1. The maximum absolute atomic E-state index is 12.2. The van der Waals surface area contributed by atoms with Crippen LogP contribution in [0.5, 0.6) is 0 Å². The molecule has 21 heavy (non-hydrogen) atoms. The van der Waals surface area contributed by atoms with Gasteiger partial charge in [0.1, 0.15) is 12.3 Å². The van der Waals surface area contributed by atoms with Crippen LogP contribution in [0.3, 0.4) is 0 Å². The lowest BCUT2D eigenvalue weighted by Gasteiger charge is -2.10. The molecule has 0 radical (unpaired) electrons. The molecule has 6 heteroatoms. The first-order chi connectivity index (χ1) is 10.1. The summed E-state index contributed by atoms with van der Waals surface area (Å²) in [5, 5.41) is 0.958. The van der Waals surface area contributed by atoms with Gasteiger partial charge in [0.2, 0.25) is 0 Å². The molecule has 4 nitrogen and oxygen atoms in total. The van der Waals surface area contributed by atoms with E-state index in [9.17, 15) is 4.79 Å². The smallest absolute Gasteiger partial charge is 0.355 e. The van der Waals surface area contributed by atoms with E-state index < -0.39 is 5.97 Å². The Morgan fingerprint density at radius 3 is 2.62 bits per heavy atom. The minimum Gasteiger partial charge on any atom is -0.456 e. The number of esters is 1. The van der Waals surface area contributed by atoms with Crippen molar-refractivity contribution in [3.05, 3.63) is 51.8 Å². The molecule has 0 spiro atoms. The molecule has 3 rings (SSSR count). The van der Waals surface area contributed by atoms with Crippen LogP contribution < -0.4 is 5.73 Å². The van der Waals surface area contributed by atoms with Crippen molar-refractivity contribution < 1.29 is 9.53 Å². The number of nitrogen functional groups attached to an aromatic ring is 1. The summed E-state index contributed by atoms with van der Waals surface area (Å²) in [6.07, 6.45) is 3.90. The number of aromatic nitrogens is 1. The van der Waals surface area contributed by atoms with Gasteiger partial charge in [0.15, 0.2) is 0 Å². The average molecular weight is 325 g/mol. The molecule has 1 aliphatic carbocycles. The molecule has 0 saturated heterocycles. The van der Waals surface area contributed by atoms with Crippen LogP contribution in [0.4, 0.5) is 5.69 Å². The minimum atomic E-state index is -0.422. The molecule has 1 heterocycles. The molecule has 0 unspecified atom stereocenters. The maximum atomic E-state index is 12.2. The Balaban J connectivity index is 1.75. The lowest BCUT2D eigenvalue weighted by atomic mass is 10.2. The van der Waals surface area contributed by atoms with Gasteiger partial charge in [-0.15, -0.1) is 0 Å². The van der Waals surface area contributed by atoms with Crippen LogP contribution in [-0.2, 0) is 11.3 Å². The van der Waals surface area contributed by atoms with E-state index in [1.54, 1.807) is 30.5 Å². The second kappa shape index (κ2) is 5.62. The Hall–Kier alpha value is -1.65. The summed E-state index contributed by atoms with van der Waals surface area (Å²) in [7, 11) is 0. The number of carbonyl (C=O) groups is 1. The summed E-state index contributed by atoms with van der Waals surface area (Å²) >= 11 is 12.1. The van der Waals surface area contributed by atoms with Crippen molar-refractivity contribution in [2.45, 2.75) is 25.5 Å². The van der Waals surface area contributed by atoms with Crippen molar-refractivity contribution in [3.63, 3.8) is 0 Å². The molecule has 0 amide bonds. The van der Waals surface area contributed by atoms with E-state index in [1.807, 2.05) is 4.57 Å². The predicted molar refractivity (Wildman–Crippen MR) is 82.7 cm³/mol. The molecule has 2 N–H and O–H groups in total. The normalized spacial score (nSPS) is 14.2. The number of hydrogen-bond donors (Lipinski definition) is 1. The van der Waals surface area contributed by atoms with E-state index in [2.05, 4.69) is 0 Å². The Labute approximate surface area is 132 Å². The third kappa shape index (κ3) is 3.01. The van der Waals surface area contributed by atoms with Crippen molar-refractivity contribution in [2.75, 3.05) is 5.73 Å². The van der Waals surface area contributed by atoms with Crippen molar-refractivity contribution >= 4 is 34.9 Å². The van der Waals surface area contributed by atoms with Gasteiger partial charge in [-0.25, -0.2) is 4.79 Å². The van der Waals surface area contributed by atoms with Gasteiger partial charge >= 0.3 is 5.97 Å². The van der Waals surface area contributed by atoms with Crippen LogP contribution in [0.1, 0.15) is 34.9 Å². The topological polar surface area (TPSA) is 57.3 Å². The van der Waals surface area contributed by atoms with Gasteiger partial charge in [-0.2, -0.15) is 0 Å². The first-order valence-corrected chi connectivity index (χ1v) is 7.39. The molecule has 0 atom stereocenters. The van der Waals surface area contributed by atoms with Crippen molar-refractivity contribution in [1.29, 1.82) is 0 Å². The predicted octanol–water partition coefficient (Wildman–Crippen LogP) is 4.07. The van der Waals surface area contributed by atoms with Crippen LogP contribution >= 0.6 is 23.2 Å². The van der Waals surface area contributed by atoms with Crippen molar-refractivity contribution in [2.24, 2.45) is 0 Å². The van der Waals surface area contributed by atoms with Crippen molar-refractivity contribution in [1.82, 2.24) is 4.57 Å². The van der Waals surface area contributed by atoms with Gasteiger partial charge in [-0.3, -0.25) is 0 Å². The fourth-order valence-corrected chi connectivity index (χ4v) is 2.71. The molecule has 1 aliphatic rings. The summed E-state index contributed by atoms with van der Waals surface area (Å²) in [6.45, 7) is 0.0348. The molecule has 1 saturated carbocycles. The zero-order chi connectivity index (χ0) is 15.0. The number of anilines is 1. The zero-order valence-electron chi connectivity index (χ0n) is 11.2. The van der Waals surface area contributed by atoms with E-state index in [0.29, 0.717) is 33.0 Å². The Bertz CT molecular complexity index is 673. The van der Waals surface area contributed by atoms with E-state index in [1.165, 1.54) is 0 Å². The first-order valence-electron chi connectivity index (χ1n) is 6.63. The molecule has 1 fully saturated rings. The molecule has 1 aromatic heterocycles. The third-order valence-electron chi connectivity index (χ3n) is 3.43. The highest BCUT2D eigenvalue weighted by Crippen LogP contribution is 2.37. The second-order valence-corrected chi connectivity index (χ2v) is 5.89. The van der Waals surface area contributed by atoms with Gasteiger partial charge < -0.3 is 15.0 Å². The van der Waals surface area contributed by atoms with Crippen LogP contribution in [-0.4, -0.2) is 10.5 Å². The monoisotopic (exact) mass is 324 g/mol. The Kier molecular flexibility index (Phi) is 3.83. The number of rotatable bonds is 4. The van der Waals surface area contributed by atoms with E-state index in [4.69, 9.17) is 33.7 Å². The molecular formula is C15H14Cl2N2O2. The number of carbonyl (C=O) groups excluding carboxylic acids is 1. The fourth-order valence-electron chi connectivity index (χ4n) is 2.20. The molecule has 0 aliphatic heterocycles. The van der Waals surface area contributed by atoms with E-state index >= 15 is 0 Å². The number of halogens is 2. The second-order valence-electron chi connectivity index (χ2n) is 5.07. The highest BCUT2D eigenvalue weighted by Gasteiger charge is 2.28. The largest absolute Gasteiger partial charge is 0.456 e. The number of ether oxygens (including phenoxy) is 1. The van der Waals surface area contributed by atoms with E-state index in [0.717, 1.165) is 12.8 Å². The maximum Gasteiger partial charge on any atom is 0.355 e. The number of hydrogen-bond acceptors (Lipinski definition) is 3. The van der Waals surface area contributed by atoms with Gasteiger partial charge in [0, 0.05) is 27.8 Å². The van der Waals surface area contributed by atoms with Gasteiger partial charge in [0.25, 0.3) is 0 Å². The molecule has 110 valence electrons. The minimum absolute atomic E-state index is 0.0348. The summed E-state index contributed by atoms with van der Waals surface area (Å²) in [4.78, 5) is 12.2. The summed E-state index contributed by atoms with van der Waals surface area (Å²) in [5.41, 5.74) is 7.40. The van der Waals surface area contributed by atoms with Crippen LogP contribution in [0.25, 0.3) is 0 Å². The molecule has 1 aromatic carbocycles. The lowest BCUT2D eigenvalue weighted by Crippen LogP contribution is -2.11. The standard InChI is InChI=1S/C15H14Cl2N2O2/c16-12-2-1-3-13(17)11(12)8-21-15(20)14-6-9(18)7-19(14)10-4-5-10/h1-3,6-7,10H,4-5,8,18H2. The van der Waals surface area contributed by atoms with Gasteiger partial charge in [-0.05, 0) is 31.0 Å². The highest BCUT2D eigenvalue weighted by atomic mass is 35.5. The fraction of sp³-hybridized carbons (Fsp3) is 0.267. The lowest BCUT2D eigenvalue weighted by molar-refractivity contribution is 0.0460. The number of nitrogens with zero attached hydrogens (tertiary/aromatic N) is 1. The summed E-state index contributed by atoms with van der Waals surface area (Å²) in [5.74, 6) is -0.422.